The maximum atomic E-state index is 6.31. The van der Waals surface area contributed by atoms with Gasteiger partial charge in [-0.05, 0) is 38.0 Å². The summed E-state index contributed by atoms with van der Waals surface area (Å²) in [5.74, 6) is 1.01. The quantitative estimate of drug-likeness (QED) is 0.881. The molecule has 0 aromatic carbocycles. The largest absolute Gasteiger partial charge is 0.490 e. The predicted molar refractivity (Wildman–Crippen MR) is 87.6 cm³/mol. The molecule has 1 aliphatic rings. The van der Waals surface area contributed by atoms with Gasteiger partial charge < -0.3 is 10.1 Å². The molecule has 0 saturated heterocycles. The maximum Gasteiger partial charge on any atom is 0.127 e. The van der Waals surface area contributed by atoms with Crippen molar-refractivity contribution in [2.75, 3.05) is 0 Å². The Bertz CT molecular complexity index is 458. The third kappa shape index (κ3) is 4.99. The smallest absolute Gasteiger partial charge is 0.127 e. The zero-order valence-electron chi connectivity index (χ0n) is 14.2. The van der Waals surface area contributed by atoms with E-state index in [1.807, 2.05) is 13.1 Å². The van der Waals surface area contributed by atoms with Crippen LogP contribution in [0.4, 0.5) is 0 Å². The Labute approximate surface area is 129 Å². The fourth-order valence-corrected chi connectivity index (χ4v) is 2.79. The first-order valence-corrected chi connectivity index (χ1v) is 8.21. The van der Waals surface area contributed by atoms with Gasteiger partial charge in [-0.15, -0.1) is 0 Å². The SMILES string of the molecule is Cc1cc(OC2CCC(C)(C)CC2)c(CNC(C)C)cn1. The van der Waals surface area contributed by atoms with Gasteiger partial charge in [0.05, 0.1) is 6.10 Å². The lowest BCUT2D eigenvalue weighted by molar-refractivity contribution is 0.0976. The van der Waals surface area contributed by atoms with Crippen molar-refractivity contribution in [3.8, 4) is 5.75 Å². The molecule has 1 N–H and O–H groups in total. The van der Waals surface area contributed by atoms with Gasteiger partial charge in [-0.25, -0.2) is 0 Å². The summed E-state index contributed by atoms with van der Waals surface area (Å²) < 4.78 is 6.31. The first-order chi connectivity index (χ1) is 9.85. The molecule has 0 amide bonds. The monoisotopic (exact) mass is 290 g/mol. The van der Waals surface area contributed by atoms with Crippen molar-refractivity contribution in [1.29, 1.82) is 0 Å². The lowest BCUT2D eigenvalue weighted by Gasteiger charge is -2.34. The highest BCUT2D eigenvalue weighted by Gasteiger charge is 2.28. The summed E-state index contributed by atoms with van der Waals surface area (Å²) in [5, 5.41) is 3.45. The van der Waals surface area contributed by atoms with Gasteiger partial charge in [-0.3, -0.25) is 4.98 Å². The topological polar surface area (TPSA) is 34.1 Å². The van der Waals surface area contributed by atoms with Gasteiger partial charge in [-0.1, -0.05) is 27.7 Å². The van der Waals surface area contributed by atoms with Crippen LogP contribution in [0.15, 0.2) is 12.3 Å². The van der Waals surface area contributed by atoms with Crippen LogP contribution >= 0.6 is 0 Å². The second kappa shape index (κ2) is 6.78. The van der Waals surface area contributed by atoms with Crippen LogP contribution < -0.4 is 10.1 Å². The Balaban J connectivity index is 2.02. The number of pyridine rings is 1. The molecule has 1 saturated carbocycles. The number of ether oxygens (including phenoxy) is 1. The molecule has 118 valence electrons. The molecular formula is C18H30N2O. The maximum absolute atomic E-state index is 6.31. The van der Waals surface area contributed by atoms with Crippen molar-refractivity contribution in [3.63, 3.8) is 0 Å². The summed E-state index contributed by atoms with van der Waals surface area (Å²) in [4.78, 5) is 4.41. The number of nitrogens with zero attached hydrogens (tertiary/aromatic N) is 1. The van der Waals surface area contributed by atoms with E-state index < -0.39 is 0 Å². The Morgan fingerprint density at radius 3 is 2.62 bits per heavy atom. The summed E-state index contributed by atoms with van der Waals surface area (Å²) in [5.41, 5.74) is 2.67. The summed E-state index contributed by atoms with van der Waals surface area (Å²) in [7, 11) is 0. The first kappa shape index (κ1) is 16.3. The minimum absolute atomic E-state index is 0.359. The number of aromatic nitrogens is 1. The highest BCUT2D eigenvalue weighted by molar-refractivity contribution is 5.33. The van der Waals surface area contributed by atoms with Crippen LogP contribution in [0.5, 0.6) is 5.75 Å². The molecule has 1 aromatic heterocycles. The molecule has 1 aliphatic carbocycles. The van der Waals surface area contributed by atoms with E-state index in [-0.39, 0.29) is 0 Å². The molecule has 3 heteroatoms. The predicted octanol–water partition coefficient (Wildman–Crippen LogP) is 4.24. The van der Waals surface area contributed by atoms with E-state index in [2.05, 4.69) is 44.1 Å². The van der Waals surface area contributed by atoms with Gasteiger partial charge in [0.2, 0.25) is 0 Å². The Morgan fingerprint density at radius 1 is 1.33 bits per heavy atom. The van der Waals surface area contributed by atoms with Gasteiger partial charge in [0, 0.05) is 36.1 Å². The Morgan fingerprint density at radius 2 is 2.00 bits per heavy atom. The number of nitrogens with one attached hydrogen (secondary N) is 1. The Hall–Kier alpha value is -1.09. The molecule has 0 aliphatic heterocycles. The van der Waals surface area contributed by atoms with Gasteiger partial charge in [-0.2, -0.15) is 0 Å². The number of hydrogen-bond acceptors (Lipinski definition) is 3. The van der Waals surface area contributed by atoms with Crippen molar-refractivity contribution >= 4 is 0 Å². The van der Waals surface area contributed by atoms with Gasteiger partial charge in [0.15, 0.2) is 0 Å². The number of aryl methyl sites for hydroxylation is 1. The lowest BCUT2D eigenvalue weighted by Crippen LogP contribution is -2.29. The molecule has 0 radical (unpaired) electrons. The standard InChI is InChI=1S/C18H30N2O/c1-13(2)19-11-15-12-20-14(3)10-17(15)21-16-6-8-18(4,5)9-7-16/h10,12-13,16,19H,6-9,11H2,1-5H3. The van der Waals surface area contributed by atoms with Gasteiger partial charge >= 0.3 is 0 Å². The minimum Gasteiger partial charge on any atom is -0.490 e. The van der Waals surface area contributed by atoms with E-state index in [1.165, 1.54) is 18.4 Å². The van der Waals surface area contributed by atoms with E-state index >= 15 is 0 Å². The van der Waals surface area contributed by atoms with E-state index in [1.54, 1.807) is 0 Å². The third-order valence-corrected chi connectivity index (χ3v) is 4.36. The molecule has 0 unspecified atom stereocenters. The number of rotatable bonds is 5. The first-order valence-electron chi connectivity index (χ1n) is 8.21. The van der Waals surface area contributed by atoms with E-state index in [4.69, 9.17) is 4.74 Å². The van der Waals surface area contributed by atoms with Crippen molar-refractivity contribution < 1.29 is 4.74 Å². The van der Waals surface area contributed by atoms with Crippen LogP contribution in [-0.4, -0.2) is 17.1 Å². The summed E-state index contributed by atoms with van der Waals surface area (Å²) >= 11 is 0. The van der Waals surface area contributed by atoms with E-state index in [0.29, 0.717) is 17.6 Å². The summed E-state index contributed by atoms with van der Waals surface area (Å²) in [6.07, 6.45) is 7.13. The van der Waals surface area contributed by atoms with E-state index in [9.17, 15) is 0 Å². The van der Waals surface area contributed by atoms with Gasteiger partial charge in [0.1, 0.15) is 5.75 Å². The lowest BCUT2D eigenvalue weighted by atomic mass is 9.76. The third-order valence-electron chi connectivity index (χ3n) is 4.36. The molecular weight excluding hydrogens is 260 g/mol. The van der Waals surface area contributed by atoms with Crippen LogP contribution in [-0.2, 0) is 6.54 Å². The molecule has 1 aromatic rings. The fraction of sp³-hybridized carbons (Fsp3) is 0.722. The van der Waals surface area contributed by atoms with Crippen molar-refractivity contribution in [2.45, 2.75) is 79.0 Å². The van der Waals surface area contributed by atoms with Crippen LogP contribution in [0.2, 0.25) is 0 Å². The molecule has 2 rings (SSSR count). The fourth-order valence-electron chi connectivity index (χ4n) is 2.79. The molecule has 1 heterocycles. The average molecular weight is 290 g/mol. The van der Waals surface area contributed by atoms with Crippen LogP contribution in [0.1, 0.15) is 64.6 Å². The van der Waals surface area contributed by atoms with Crippen LogP contribution in [0, 0.1) is 12.3 Å². The van der Waals surface area contributed by atoms with Gasteiger partial charge in [0.25, 0.3) is 0 Å². The zero-order valence-corrected chi connectivity index (χ0v) is 14.2. The van der Waals surface area contributed by atoms with Crippen LogP contribution in [0.3, 0.4) is 0 Å². The van der Waals surface area contributed by atoms with Crippen molar-refractivity contribution in [1.82, 2.24) is 10.3 Å². The van der Waals surface area contributed by atoms with Crippen molar-refractivity contribution in [2.24, 2.45) is 5.41 Å². The molecule has 21 heavy (non-hydrogen) atoms. The minimum atomic E-state index is 0.359. The number of hydrogen-bond donors (Lipinski definition) is 1. The normalized spacial score (nSPS) is 19.0. The second-order valence-corrected chi connectivity index (χ2v) is 7.45. The molecule has 0 atom stereocenters. The Kier molecular flexibility index (Phi) is 5.26. The summed E-state index contributed by atoms with van der Waals surface area (Å²) in [6, 6.07) is 2.55. The van der Waals surface area contributed by atoms with Crippen LogP contribution in [0.25, 0.3) is 0 Å². The zero-order chi connectivity index (χ0) is 15.5. The molecule has 1 fully saturated rings. The second-order valence-electron chi connectivity index (χ2n) is 7.45. The molecule has 3 nitrogen and oxygen atoms in total. The molecule has 0 bridgehead atoms. The van der Waals surface area contributed by atoms with Crippen molar-refractivity contribution in [3.05, 3.63) is 23.5 Å². The molecule has 0 spiro atoms. The van der Waals surface area contributed by atoms with E-state index in [0.717, 1.165) is 30.8 Å². The summed E-state index contributed by atoms with van der Waals surface area (Å²) in [6.45, 7) is 11.9. The highest BCUT2D eigenvalue weighted by Crippen LogP contribution is 2.37. The average Bonchev–Trinajstić information content (AvgIpc) is 2.40. The highest BCUT2D eigenvalue weighted by atomic mass is 16.5.